The van der Waals surface area contributed by atoms with Gasteiger partial charge >= 0.3 is 12.1 Å². The molecule has 2 heterocycles. The molecule has 0 aromatic heterocycles. The summed E-state index contributed by atoms with van der Waals surface area (Å²) in [6.07, 6.45) is -0.436. The van der Waals surface area contributed by atoms with Gasteiger partial charge in [0.2, 0.25) is 5.91 Å². The van der Waals surface area contributed by atoms with Crippen LogP contribution in [0.25, 0.3) is 5.57 Å². The first-order valence-electron chi connectivity index (χ1n) is 8.76. The number of hydrogen-bond donors (Lipinski definition) is 3. The second-order valence-electron chi connectivity index (χ2n) is 6.86. The molecule has 1 saturated heterocycles. The van der Waals surface area contributed by atoms with Gasteiger partial charge in [-0.2, -0.15) is 0 Å². The summed E-state index contributed by atoms with van der Waals surface area (Å²) in [7, 11) is 0. The molecular weight excluding hydrogens is 352 g/mol. The summed E-state index contributed by atoms with van der Waals surface area (Å²) in [4.78, 5) is 38.3. The number of aliphatic hydroxyl groups is 1. The van der Waals surface area contributed by atoms with Gasteiger partial charge in [0.25, 0.3) is 0 Å². The number of aliphatic hydroxyl groups excluding tert-OH is 1. The van der Waals surface area contributed by atoms with E-state index in [9.17, 15) is 24.6 Å². The molecule has 0 unspecified atom stereocenters. The van der Waals surface area contributed by atoms with Crippen molar-refractivity contribution in [3.63, 3.8) is 0 Å². The molecule has 2 aliphatic rings. The van der Waals surface area contributed by atoms with E-state index in [2.05, 4.69) is 0 Å². The fourth-order valence-electron chi connectivity index (χ4n) is 4.00. The Morgan fingerprint density at radius 3 is 2.30 bits per heavy atom. The average molecular weight is 374 g/mol. The summed E-state index contributed by atoms with van der Waals surface area (Å²) in [6.45, 7) is 1.71. The Bertz CT molecular complexity index is 801. The lowest BCUT2D eigenvalue weighted by molar-refractivity contribution is -0.137. The van der Waals surface area contributed by atoms with Crippen molar-refractivity contribution < 1.29 is 29.7 Å². The Balaban J connectivity index is 2.07. The zero-order valence-electron chi connectivity index (χ0n) is 15.0. The normalized spacial score (nSPS) is 22.0. The lowest BCUT2D eigenvalue weighted by atomic mass is 9.82. The molecule has 1 aromatic rings. The SMILES string of the molecule is CC(=O)N1C[C@H]2CC(c3ccc(CCO)cc3)=C(C(=O)O)[C@@H](C1)N2C(=O)O. The molecule has 144 valence electrons. The monoisotopic (exact) mass is 374 g/mol. The van der Waals surface area contributed by atoms with Crippen molar-refractivity contribution >= 4 is 23.5 Å². The molecule has 2 amide bonds. The first kappa shape index (κ1) is 18.9. The third-order valence-corrected chi connectivity index (χ3v) is 5.25. The van der Waals surface area contributed by atoms with E-state index < -0.39 is 24.1 Å². The number of aliphatic carboxylic acids is 1. The van der Waals surface area contributed by atoms with E-state index >= 15 is 0 Å². The van der Waals surface area contributed by atoms with Gasteiger partial charge in [-0.3, -0.25) is 9.69 Å². The minimum Gasteiger partial charge on any atom is -0.478 e. The van der Waals surface area contributed by atoms with Gasteiger partial charge in [-0.25, -0.2) is 9.59 Å². The Kier molecular flexibility index (Phi) is 5.18. The Hall–Kier alpha value is -2.87. The predicted octanol–water partition coefficient (Wildman–Crippen LogP) is 1.04. The Labute approximate surface area is 156 Å². The standard InChI is InChI=1S/C19H22N2O6/c1-11(23)20-9-14-8-15(13-4-2-12(3-5-13)6-7-22)17(18(24)25)16(10-20)21(14)19(26)27/h2-5,14,16,22H,6-10H2,1H3,(H,24,25)(H,26,27)/t14-,16-/m1/s1. The number of fused-ring (bicyclic) bond motifs is 2. The number of benzene rings is 1. The Morgan fingerprint density at radius 1 is 1.11 bits per heavy atom. The van der Waals surface area contributed by atoms with Crippen LogP contribution >= 0.6 is 0 Å². The predicted molar refractivity (Wildman–Crippen MR) is 96.1 cm³/mol. The van der Waals surface area contributed by atoms with Gasteiger partial charge < -0.3 is 20.2 Å². The van der Waals surface area contributed by atoms with Crippen molar-refractivity contribution in [3.8, 4) is 0 Å². The van der Waals surface area contributed by atoms with Crippen molar-refractivity contribution in [2.24, 2.45) is 0 Å². The van der Waals surface area contributed by atoms with E-state index in [4.69, 9.17) is 5.11 Å². The second-order valence-corrected chi connectivity index (χ2v) is 6.86. The van der Waals surface area contributed by atoms with Gasteiger partial charge in [0, 0.05) is 26.6 Å². The van der Waals surface area contributed by atoms with Crippen molar-refractivity contribution in [2.45, 2.75) is 31.8 Å². The largest absolute Gasteiger partial charge is 0.478 e. The molecule has 3 N–H and O–H groups in total. The van der Waals surface area contributed by atoms with E-state index in [1.54, 1.807) is 12.1 Å². The molecule has 8 nitrogen and oxygen atoms in total. The van der Waals surface area contributed by atoms with Gasteiger partial charge in [-0.1, -0.05) is 24.3 Å². The molecule has 1 aromatic carbocycles. The molecule has 3 rings (SSSR count). The van der Waals surface area contributed by atoms with Crippen LogP contribution in [0.3, 0.4) is 0 Å². The van der Waals surface area contributed by atoms with E-state index in [0.717, 1.165) is 11.1 Å². The van der Waals surface area contributed by atoms with Crippen LogP contribution in [0.5, 0.6) is 0 Å². The van der Waals surface area contributed by atoms with Gasteiger partial charge in [0.1, 0.15) is 0 Å². The lowest BCUT2D eigenvalue weighted by Crippen LogP contribution is -2.64. The zero-order chi connectivity index (χ0) is 19.7. The van der Waals surface area contributed by atoms with Crippen LogP contribution in [0.15, 0.2) is 29.8 Å². The number of carbonyl (C=O) groups is 3. The van der Waals surface area contributed by atoms with E-state index in [0.29, 0.717) is 12.0 Å². The van der Waals surface area contributed by atoms with Gasteiger partial charge in [0.05, 0.1) is 17.7 Å². The van der Waals surface area contributed by atoms with E-state index in [-0.39, 0.29) is 37.6 Å². The molecule has 2 aliphatic heterocycles. The molecule has 8 heteroatoms. The molecule has 0 saturated carbocycles. The summed E-state index contributed by atoms with van der Waals surface area (Å²) in [5.41, 5.74) is 2.29. The van der Waals surface area contributed by atoms with Crippen molar-refractivity contribution in [3.05, 3.63) is 41.0 Å². The summed E-state index contributed by atoms with van der Waals surface area (Å²) in [5.74, 6) is -1.37. The summed E-state index contributed by atoms with van der Waals surface area (Å²) < 4.78 is 0. The quantitative estimate of drug-likeness (QED) is 0.725. The molecule has 2 atom stereocenters. The van der Waals surface area contributed by atoms with Crippen molar-refractivity contribution in [1.29, 1.82) is 0 Å². The first-order valence-corrected chi connectivity index (χ1v) is 8.76. The highest BCUT2D eigenvalue weighted by Gasteiger charge is 2.47. The van der Waals surface area contributed by atoms with Crippen LogP contribution in [-0.4, -0.2) is 74.9 Å². The highest BCUT2D eigenvalue weighted by Crippen LogP contribution is 2.38. The minimum absolute atomic E-state index is 0.0227. The number of hydrogen-bond acceptors (Lipinski definition) is 4. The maximum absolute atomic E-state index is 12.0. The Morgan fingerprint density at radius 2 is 1.78 bits per heavy atom. The van der Waals surface area contributed by atoms with Gasteiger partial charge in [-0.15, -0.1) is 0 Å². The average Bonchev–Trinajstić information content (AvgIpc) is 2.60. The molecule has 1 fully saturated rings. The molecule has 0 aliphatic carbocycles. The first-order chi connectivity index (χ1) is 12.8. The number of amides is 2. The number of rotatable bonds is 4. The minimum atomic E-state index is -1.18. The van der Waals surface area contributed by atoms with Crippen molar-refractivity contribution in [1.82, 2.24) is 9.80 Å². The van der Waals surface area contributed by atoms with E-state index in [1.165, 1.54) is 16.7 Å². The summed E-state index contributed by atoms with van der Waals surface area (Å²) >= 11 is 0. The zero-order valence-corrected chi connectivity index (χ0v) is 15.0. The summed E-state index contributed by atoms with van der Waals surface area (Å²) in [6, 6.07) is 5.89. The molecule has 27 heavy (non-hydrogen) atoms. The number of carbonyl (C=O) groups excluding carboxylic acids is 1. The van der Waals surface area contributed by atoms with Crippen molar-refractivity contribution in [2.75, 3.05) is 19.7 Å². The number of carboxylic acid groups (broad SMARTS) is 2. The highest BCUT2D eigenvalue weighted by molar-refractivity contribution is 5.99. The fourth-order valence-corrected chi connectivity index (χ4v) is 4.00. The second kappa shape index (κ2) is 7.40. The molecular formula is C19H22N2O6. The maximum Gasteiger partial charge on any atom is 0.408 e. The summed E-state index contributed by atoms with van der Waals surface area (Å²) in [5, 5.41) is 28.5. The van der Waals surface area contributed by atoms with Crippen LogP contribution in [0.1, 0.15) is 24.5 Å². The van der Waals surface area contributed by atoms with Crippen LogP contribution in [-0.2, 0) is 16.0 Å². The number of carboxylic acids is 1. The maximum atomic E-state index is 12.0. The highest BCUT2D eigenvalue weighted by atomic mass is 16.4. The van der Waals surface area contributed by atoms with Crippen LogP contribution in [0, 0.1) is 0 Å². The van der Waals surface area contributed by atoms with Crippen LogP contribution in [0.2, 0.25) is 0 Å². The number of piperazine rings is 1. The number of nitrogens with zero attached hydrogens (tertiary/aromatic N) is 2. The van der Waals surface area contributed by atoms with Crippen LogP contribution < -0.4 is 0 Å². The van der Waals surface area contributed by atoms with Gasteiger partial charge in [0.15, 0.2) is 0 Å². The van der Waals surface area contributed by atoms with E-state index in [1.807, 2.05) is 12.1 Å². The third kappa shape index (κ3) is 3.52. The smallest absolute Gasteiger partial charge is 0.408 e. The molecule has 2 bridgehead atoms. The molecule has 0 radical (unpaired) electrons. The molecule has 0 spiro atoms. The lowest BCUT2D eigenvalue weighted by Gasteiger charge is -2.49. The third-order valence-electron chi connectivity index (χ3n) is 5.25. The topological polar surface area (TPSA) is 118 Å². The van der Waals surface area contributed by atoms with Crippen LogP contribution in [0.4, 0.5) is 4.79 Å². The fraction of sp³-hybridized carbons (Fsp3) is 0.421. The van der Waals surface area contributed by atoms with Gasteiger partial charge in [-0.05, 0) is 29.5 Å².